The fraction of sp³-hybridized carbons (Fsp3) is 0.409. The quantitative estimate of drug-likeness (QED) is 0.835. The number of piperidine rings is 1. The third-order valence-corrected chi connectivity index (χ3v) is 5.30. The Hall–Kier alpha value is -2.73. The number of carbonyl (C=O) groups is 1. The lowest BCUT2D eigenvalue weighted by Gasteiger charge is -2.32. The van der Waals surface area contributed by atoms with Gasteiger partial charge in [0.05, 0.1) is 0 Å². The first kappa shape index (κ1) is 18.6. The Morgan fingerprint density at radius 2 is 1.89 bits per heavy atom. The number of urea groups is 1. The van der Waals surface area contributed by atoms with Gasteiger partial charge in [-0.15, -0.1) is 0 Å². The zero-order chi connectivity index (χ0) is 19.3. The van der Waals surface area contributed by atoms with Crippen molar-refractivity contribution in [2.24, 2.45) is 0 Å². The Kier molecular flexibility index (Phi) is 5.67. The molecule has 2 aromatic carbocycles. The van der Waals surface area contributed by atoms with Gasteiger partial charge in [0.25, 0.3) is 0 Å². The fourth-order valence-corrected chi connectivity index (χ4v) is 3.77. The van der Waals surface area contributed by atoms with Crippen LogP contribution in [0.25, 0.3) is 0 Å². The molecule has 0 aromatic heterocycles. The third-order valence-electron chi connectivity index (χ3n) is 5.30. The first-order valence-corrected chi connectivity index (χ1v) is 9.86. The van der Waals surface area contributed by atoms with Crippen LogP contribution in [0.2, 0.25) is 0 Å². The van der Waals surface area contributed by atoms with E-state index in [1.54, 1.807) is 0 Å². The monoisotopic (exact) mass is 381 g/mol. The smallest absolute Gasteiger partial charge is 0.315 e. The van der Waals surface area contributed by atoms with Crippen LogP contribution in [-0.2, 0) is 13.1 Å². The molecule has 6 nitrogen and oxygen atoms in total. The highest BCUT2D eigenvalue weighted by Crippen LogP contribution is 2.32. The summed E-state index contributed by atoms with van der Waals surface area (Å²) in [5.74, 6) is 1.49. The summed E-state index contributed by atoms with van der Waals surface area (Å²) in [6.07, 6.45) is 1.95. The van der Waals surface area contributed by atoms with Crippen LogP contribution in [0.1, 0.15) is 29.5 Å². The number of carbonyl (C=O) groups excluding carboxylic acids is 1. The second-order valence-electron chi connectivity index (χ2n) is 7.55. The van der Waals surface area contributed by atoms with Gasteiger partial charge >= 0.3 is 6.03 Å². The van der Waals surface area contributed by atoms with E-state index in [-0.39, 0.29) is 18.9 Å². The normalized spacial score (nSPS) is 16.8. The number of hydrogen-bond acceptors (Lipinski definition) is 4. The van der Waals surface area contributed by atoms with Crippen molar-refractivity contribution in [3.05, 3.63) is 59.2 Å². The van der Waals surface area contributed by atoms with Crippen LogP contribution in [0.5, 0.6) is 11.5 Å². The molecule has 1 fully saturated rings. The Labute approximate surface area is 165 Å². The summed E-state index contributed by atoms with van der Waals surface area (Å²) in [6.45, 7) is 5.83. The Morgan fingerprint density at radius 1 is 1.07 bits per heavy atom. The standard InChI is InChI=1S/C22H27N3O3/c1-16-3-2-4-18(11-16)14-25-9-7-19(8-10-25)24-22(26)23-13-17-5-6-20-21(12-17)28-15-27-20/h2-6,11-12,19H,7-10,13-15H2,1H3,(H2,23,24,26). The SMILES string of the molecule is Cc1cccc(CN2CCC(NC(=O)NCc3ccc4c(c3)OCO4)CC2)c1. The van der Waals surface area contributed by atoms with Crippen molar-refractivity contribution >= 4 is 6.03 Å². The van der Waals surface area contributed by atoms with Gasteiger partial charge < -0.3 is 20.1 Å². The average Bonchev–Trinajstić information content (AvgIpc) is 3.16. The number of amides is 2. The molecule has 2 aliphatic heterocycles. The van der Waals surface area contributed by atoms with E-state index in [1.165, 1.54) is 11.1 Å². The molecular weight excluding hydrogens is 354 g/mol. The fourth-order valence-electron chi connectivity index (χ4n) is 3.77. The van der Waals surface area contributed by atoms with Crippen molar-refractivity contribution in [2.45, 2.75) is 38.9 Å². The molecule has 28 heavy (non-hydrogen) atoms. The summed E-state index contributed by atoms with van der Waals surface area (Å²) in [7, 11) is 0. The van der Waals surface area contributed by atoms with E-state index in [2.05, 4.69) is 46.7 Å². The summed E-state index contributed by atoms with van der Waals surface area (Å²) in [5, 5.41) is 6.04. The van der Waals surface area contributed by atoms with Gasteiger partial charge in [-0.2, -0.15) is 0 Å². The molecule has 0 radical (unpaired) electrons. The van der Waals surface area contributed by atoms with Crippen LogP contribution in [0.15, 0.2) is 42.5 Å². The molecular formula is C22H27N3O3. The zero-order valence-corrected chi connectivity index (χ0v) is 16.2. The van der Waals surface area contributed by atoms with E-state index in [4.69, 9.17) is 9.47 Å². The van der Waals surface area contributed by atoms with Gasteiger partial charge in [-0.1, -0.05) is 35.9 Å². The lowest BCUT2D eigenvalue weighted by molar-refractivity contribution is 0.174. The molecule has 4 rings (SSSR count). The Bertz CT molecular complexity index is 832. The van der Waals surface area contributed by atoms with Crippen LogP contribution >= 0.6 is 0 Å². The van der Waals surface area contributed by atoms with E-state index in [0.717, 1.165) is 49.5 Å². The molecule has 0 unspecified atom stereocenters. The molecule has 2 aromatic rings. The predicted molar refractivity (Wildman–Crippen MR) is 107 cm³/mol. The number of aryl methyl sites for hydroxylation is 1. The van der Waals surface area contributed by atoms with Gasteiger partial charge in [0.1, 0.15) is 0 Å². The number of ether oxygens (including phenoxy) is 2. The van der Waals surface area contributed by atoms with Crippen molar-refractivity contribution in [2.75, 3.05) is 19.9 Å². The molecule has 0 bridgehead atoms. The summed E-state index contributed by atoms with van der Waals surface area (Å²) >= 11 is 0. The largest absolute Gasteiger partial charge is 0.454 e. The molecule has 2 aliphatic rings. The van der Waals surface area contributed by atoms with E-state index in [9.17, 15) is 4.79 Å². The van der Waals surface area contributed by atoms with Gasteiger partial charge in [0, 0.05) is 32.2 Å². The molecule has 2 amide bonds. The number of likely N-dealkylation sites (tertiary alicyclic amines) is 1. The van der Waals surface area contributed by atoms with Crippen LogP contribution < -0.4 is 20.1 Å². The molecule has 0 spiro atoms. The van der Waals surface area contributed by atoms with Gasteiger partial charge in [-0.3, -0.25) is 4.90 Å². The van der Waals surface area contributed by atoms with Crippen LogP contribution in [-0.4, -0.2) is 36.9 Å². The maximum Gasteiger partial charge on any atom is 0.315 e. The number of nitrogens with zero attached hydrogens (tertiary/aromatic N) is 1. The molecule has 6 heteroatoms. The molecule has 2 N–H and O–H groups in total. The Balaban J connectivity index is 1.19. The van der Waals surface area contributed by atoms with Gasteiger partial charge in [0.15, 0.2) is 11.5 Å². The highest BCUT2D eigenvalue weighted by molar-refractivity contribution is 5.74. The second-order valence-corrected chi connectivity index (χ2v) is 7.55. The highest BCUT2D eigenvalue weighted by Gasteiger charge is 2.21. The summed E-state index contributed by atoms with van der Waals surface area (Å²) in [6, 6.07) is 14.5. The minimum absolute atomic E-state index is 0.116. The van der Waals surface area contributed by atoms with Crippen LogP contribution in [0, 0.1) is 6.92 Å². The summed E-state index contributed by atoms with van der Waals surface area (Å²) in [5.41, 5.74) is 3.65. The predicted octanol–water partition coefficient (Wildman–Crippen LogP) is 3.19. The lowest BCUT2D eigenvalue weighted by Crippen LogP contribution is -2.47. The topological polar surface area (TPSA) is 62.8 Å². The Morgan fingerprint density at radius 3 is 2.71 bits per heavy atom. The molecule has 0 atom stereocenters. The highest BCUT2D eigenvalue weighted by atomic mass is 16.7. The maximum atomic E-state index is 12.2. The molecule has 2 heterocycles. The van der Waals surface area contributed by atoms with Crippen LogP contribution in [0.3, 0.4) is 0 Å². The average molecular weight is 381 g/mol. The maximum absolute atomic E-state index is 12.2. The van der Waals surface area contributed by atoms with E-state index >= 15 is 0 Å². The van der Waals surface area contributed by atoms with Crippen LogP contribution in [0.4, 0.5) is 4.79 Å². The van der Waals surface area contributed by atoms with Crippen molar-refractivity contribution in [1.82, 2.24) is 15.5 Å². The van der Waals surface area contributed by atoms with E-state index in [1.807, 2.05) is 18.2 Å². The van der Waals surface area contributed by atoms with Gasteiger partial charge in [-0.25, -0.2) is 4.79 Å². The lowest BCUT2D eigenvalue weighted by atomic mass is 10.0. The molecule has 0 aliphatic carbocycles. The summed E-state index contributed by atoms with van der Waals surface area (Å²) in [4.78, 5) is 14.7. The number of nitrogens with one attached hydrogen (secondary N) is 2. The molecule has 148 valence electrons. The van der Waals surface area contributed by atoms with Gasteiger partial charge in [0.2, 0.25) is 6.79 Å². The zero-order valence-electron chi connectivity index (χ0n) is 16.2. The van der Waals surface area contributed by atoms with E-state index < -0.39 is 0 Å². The second kappa shape index (κ2) is 8.52. The van der Waals surface area contributed by atoms with E-state index in [0.29, 0.717) is 6.54 Å². The van der Waals surface area contributed by atoms with Crippen molar-refractivity contribution in [3.63, 3.8) is 0 Å². The third kappa shape index (κ3) is 4.75. The first-order valence-electron chi connectivity index (χ1n) is 9.86. The summed E-state index contributed by atoms with van der Waals surface area (Å²) < 4.78 is 10.7. The van der Waals surface area contributed by atoms with Crippen molar-refractivity contribution in [1.29, 1.82) is 0 Å². The number of benzene rings is 2. The van der Waals surface area contributed by atoms with Crippen molar-refractivity contribution in [3.8, 4) is 11.5 Å². The number of rotatable bonds is 5. The van der Waals surface area contributed by atoms with Gasteiger partial charge in [-0.05, 0) is 43.0 Å². The number of fused-ring (bicyclic) bond motifs is 1. The molecule has 0 saturated carbocycles. The molecule has 1 saturated heterocycles. The minimum Gasteiger partial charge on any atom is -0.454 e. The minimum atomic E-state index is -0.116. The number of hydrogen-bond donors (Lipinski definition) is 2. The first-order chi connectivity index (χ1) is 13.7. The van der Waals surface area contributed by atoms with Crippen molar-refractivity contribution < 1.29 is 14.3 Å².